The average Bonchev–Trinajstić information content (AvgIpc) is 2.52. The second kappa shape index (κ2) is 10.6. The number of hydrogen-bond donors (Lipinski definition) is 1. The first-order valence-electron chi connectivity index (χ1n) is 9.63. The van der Waals surface area contributed by atoms with Gasteiger partial charge in [-0.2, -0.15) is 0 Å². The van der Waals surface area contributed by atoms with Gasteiger partial charge in [-0.25, -0.2) is 0 Å². The van der Waals surface area contributed by atoms with E-state index in [1.807, 2.05) is 0 Å². The van der Waals surface area contributed by atoms with Crippen molar-refractivity contribution in [2.75, 3.05) is 19.6 Å². The van der Waals surface area contributed by atoms with Gasteiger partial charge in [0.05, 0.1) is 0 Å². The molecule has 0 bridgehead atoms. The molecular formula is C19H40N2. The van der Waals surface area contributed by atoms with Crippen LogP contribution in [0.1, 0.15) is 79.6 Å². The third-order valence-corrected chi connectivity index (χ3v) is 5.55. The predicted octanol–water partition coefficient (Wildman–Crippen LogP) is 4.69. The maximum atomic E-state index is 3.83. The van der Waals surface area contributed by atoms with E-state index in [0.29, 0.717) is 6.04 Å². The Kier molecular flexibility index (Phi) is 9.59. The number of nitrogens with one attached hydrogen (secondary N) is 1. The summed E-state index contributed by atoms with van der Waals surface area (Å²) in [6.45, 7) is 15.5. The Morgan fingerprint density at radius 2 is 1.86 bits per heavy atom. The number of unbranched alkanes of at least 4 members (excludes halogenated alkanes) is 1. The average molecular weight is 297 g/mol. The molecule has 2 nitrogen and oxygen atoms in total. The molecule has 1 aliphatic rings. The van der Waals surface area contributed by atoms with Gasteiger partial charge in [0.1, 0.15) is 0 Å². The summed E-state index contributed by atoms with van der Waals surface area (Å²) in [6, 6.07) is 1.47. The summed E-state index contributed by atoms with van der Waals surface area (Å²) in [6.07, 6.45) is 9.45. The van der Waals surface area contributed by atoms with Gasteiger partial charge < -0.3 is 5.32 Å². The van der Waals surface area contributed by atoms with Crippen LogP contribution in [0.15, 0.2) is 0 Å². The van der Waals surface area contributed by atoms with Gasteiger partial charge in [0.15, 0.2) is 0 Å². The van der Waals surface area contributed by atoms with E-state index in [9.17, 15) is 0 Å². The Morgan fingerprint density at radius 1 is 1.10 bits per heavy atom. The number of piperazine rings is 1. The van der Waals surface area contributed by atoms with E-state index >= 15 is 0 Å². The fourth-order valence-corrected chi connectivity index (χ4v) is 3.64. The molecule has 1 rings (SSSR count). The zero-order chi connectivity index (χ0) is 15.7. The van der Waals surface area contributed by atoms with Crippen molar-refractivity contribution in [3.63, 3.8) is 0 Å². The molecule has 1 fully saturated rings. The Bertz CT molecular complexity index is 254. The Balaban J connectivity index is 2.60. The highest BCUT2D eigenvalue weighted by atomic mass is 15.2. The van der Waals surface area contributed by atoms with Gasteiger partial charge in [0.25, 0.3) is 0 Å². The van der Waals surface area contributed by atoms with Gasteiger partial charge in [-0.15, -0.1) is 0 Å². The molecule has 4 atom stereocenters. The standard InChI is InChI=1S/C19H40N2/c1-6-10-12-17(9-4)14-21-15-19(16(5)8-3)20-13-18(21)11-7-2/h16-20H,6-15H2,1-5H3. The van der Waals surface area contributed by atoms with Crippen LogP contribution in [-0.4, -0.2) is 36.6 Å². The SMILES string of the molecule is CCCCC(CC)CN1CC(C(C)CC)NCC1CCC. The van der Waals surface area contributed by atoms with E-state index in [1.54, 1.807) is 0 Å². The first-order valence-corrected chi connectivity index (χ1v) is 9.63. The first kappa shape index (κ1) is 19.0. The molecule has 1 N–H and O–H groups in total. The lowest BCUT2D eigenvalue weighted by Crippen LogP contribution is -2.59. The van der Waals surface area contributed by atoms with Crippen LogP contribution in [0.3, 0.4) is 0 Å². The second-order valence-electron chi connectivity index (χ2n) is 7.21. The van der Waals surface area contributed by atoms with Crippen LogP contribution in [0.4, 0.5) is 0 Å². The fraction of sp³-hybridized carbons (Fsp3) is 1.00. The minimum absolute atomic E-state index is 0.701. The van der Waals surface area contributed by atoms with Gasteiger partial charge in [-0.1, -0.05) is 66.7 Å². The summed E-state index contributed by atoms with van der Waals surface area (Å²) < 4.78 is 0. The second-order valence-corrected chi connectivity index (χ2v) is 7.21. The van der Waals surface area contributed by atoms with Crippen molar-refractivity contribution >= 4 is 0 Å². The van der Waals surface area contributed by atoms with Gasteiger partial charge in [0.2, 0.25) is 0 Å². The Hall–Kier alpha value is -0.0800. The first-order chi connectivity index (χ1) is 10.2. The minimum Gasteiger partial charge on any atom is -0.311 e. The molecule has 0 spiro atoms. The molecule has 2 heteroatoms. The zero-order valence-corrected chi connectivity index (χ0v) is 15.3. The molecule has 0 amide bonds. The maximum absolute atomic E-state index is 3.83. The topological polar surface area (TPSA) is 15.3 Å². The lowest BCUT2D eigenvalue weighted by Gasteiger charge is -2.43. The van der Waals surface area contributed by atoms with Gasteiger partial charge in [-0.3, -0.25) is 4.90 Å². The molecular weight excluding hydrogens is 256 g/mol. The lowest BCUT2D eigenvalue weighted by molar-refractivity contribution is 0.0834. The van der Waals surface area contributed by atoms with Crippen molar-refractivity contribution < 1.29 is 0 Å². The number of nitrogens with zero attached hydrogens (tertiary/aromatic N) is 1. The maximum Gasteiger partial charge on any atom is 0.0221 e. The highest BCUT2D eigenvalue weighted by Crippen LogP contribution is 2.22. The largest absolute Gasteiger partial charge is 0.311 e. The summed E-state index contributed by atoms with van der Waals surface area (Å²) in [5.74, 6) is 1.70. The number of hydrogen-bond acceptors (Lipinski definition) is 2. The zero-order valence-electron chi connectivity index (χ0n) is 15.3. The van der Waals surface area contributed by atoms with Crippen LogP contribution in [0.25, 0.3) is 0 Å². The lowest BCUT2D eigenvalue weighted by atomic mass is 9.92. The molecule has 0 aromatic rings. The normalized spacial score (nSPS) is 26.7. The van der Waals surface area contributed by atoms with E-state index in [1.165, 1.54) is 64.6 Å². The smallest absolute Gasteiger partial charge is 0.0221 e. The van der Waals surface area contributed by atoms with Crippen LogP contribution < -0.4 is 5.32 Å². The van der Waals surface area contributed by atoms with Gasteiger partial charge >= 0.3 is 0 Å². The van der Waals surface area contributed by atoms with Crippen LogP contribution in [-0.2, 0) is 0 Å². The molecule has 4 unspecified atom stereocenters. The quantitative estimate of drug-likeness (QED) is 0.629. The molecule has 0 aromatic carbocycles. The fourth-order valence-electron chi connectivity index (χ4n) is 3.64. The van der Waals surface area contributed by atoms with E-state index in [0.717, 1.165) is 17.9 Å². The van der Waals surface area contributed by atoms with Gasteiger partial charge in [0, 0.05) is 31.7 Å². The highest BCUT2D eigenvalue weighted by Gasteiger charge is 2.30. The molecule has 0 aliphatic carbocycles. The summed E-state index contributed by atoms with van der Waals surface area (Å²) in [7, 11) is 0. The van der Waals surface area contributed by atoms with Crippen LogP contribution in [0.2, 0.25) is 0 Å². The molecule has 1 saturated heterocycles. The van der Waals surface area contributed by atoms with Crippen molar-refractivity contribution in [3.05, 3.63) is 0 Å². The van der Waals surface area contributed by atoms with Crippen molar-refractivity contribution in [1.82, 2.24) is 10.2 Å². The van der Waals surface area contributed by atoms with Crippen molar-refractivity contribution in [2.45, 2.75) is 91.6 Å². The van der Waals surface area contributed by atoms with E-state index in [4.69, 9.17) is 0 Å². The van der Waals surface area contributed by atoms with Crippen LogP contribution in [0.5, 0.6) is 0 Å². The molecule has 126 valence electrons. The van der Waals surface area contributed by atoms with Crippen LogP contribution in [0, 0.1) is 11.8 Å². The molecule has 0 radical (unpaired) electrons. The third kappa shape index (κ3) is 6.28. The molecule has 0 aromatic heterocycles. The Morgan fingerprint density at radius 3 is 2.43 bits per heavy atom. The van der Waals surface area contributed by atoms with Crippen LogP contribution >= 0.6 is 0 Å². The van der Waals surface area contributed by atoms with E-state index < -0.39 is 0 Å². The van der Waals surface area contributed by atoms with E-state index in [2.05, 4.69) is 44.8 Å². The summed E-state index contributed by atoms with van der Waals surface area (Å²) in [4.78, 5) is 2.83. The summed E-state index contributed by atoms with van der Waals surface area (Å²) in [5, 5.41) is 3.83. The number of rotatable bonds is 10. The Labute approximate surface area is 134 Å². The highest BCUT2D eigenvalue weighted by molar-refractivity contribution is 4.89. The molecule has 0 saturated carbocycles. The summed E-state index contributed by atoms with van der Waals surface area (Å²) in [5.41, 5.74) is 0. The third-order valence-electron chi connectivity index (χ3n) is 5.55. The van der Waals surface area contributed by atoms with Crippen molar-refractivity contribution in [2.24, 2.45) is 11.8 Å². The predicted molar refractivity (Wildman–Crippen MR) is 94.8 cm³/mol. The van der Waals surface area contributed by atoms with Gasteiger partial charge in [-0.05, 0) is 24.7 Å². The molecule has 21 heavy (non-hydrogen) atoms. The minimum atomic E-state index is 0.701. The summed E-state index contributed by atoms with van der Waals surface area (Å²) >= 11 is 0. The monoisotopic (exact) mass is 296 g/mol. The van der Waals surface area contributed by atoms with E-state index in [-0.39, 0.29) is 0 Å². The van der Waals surface area contributed by atoms with Crippen molar-refractivity contribution in [1.29, 1.82) is 0 Å². The molecule has 1 heterocycles. The molecule has 1 aliphatic heterocycles. The van der Waals surface area contributed by atoms with Crippen molar-refractivity contribution in [3.8, 4) is 0 Å².